The second-order valence-electron chi connectivity index (χ2n) is 2.55. The molecule has 0 amide bonds. The number of carbonyl (C=O) groups is 2. The third kappa shape index (κ3) is 8.67. The van der Waals surface area contributed by atoms with Crippen LogP contribution in [0.2, 0.25) is 0 Å². The number of hydrogen-bond donors (Lipinski definition) is 1. The maximum absolute atomic E-state index is 10.7. The molecule has 0 bridgehead atoms. The topological polar surface area (TPSA) is 63.6 Å². The van der Waals surface area contributed by atoms with Gasteiger partial charge in [0, 0.05) is 17.8 Å². The zero-order valence-corrected chi connectivity index (χ0v) is 8.79. The van der Waals surface area contributed by atoms with Gasteiger partial charge in [-0.05, 0) is 20.8 Å². The molecule has 0 rings (SSSR count). The fourth-order valence-electron chi connectivity index (χ4n) is 0.258. The summed E-state index contributed by atoms with van der Waals surface area (Å²) in [5.74, 6) is -1.42. The Labute approximate surface area is 83.9 Å². The Morgan fingerprint density at radius 1 is 1.14 bits per heavy atom. The molecule has 0 spiro atoms. The van der Waals surface area contributed by atoms with Crippen molar-refractivity contribution in [2.45, 2.75) is 20.8 Å². The zero-order chi connectivity index (χ0) is 11.7. The first kappa shape index (κ1) is 15.1. The van der Waals surface area contributed by atoms with Crippen LogP contribution in [0.4, 0.5) is 0 Å². The quantitative estimate of drug-likeness (QED) is 0.413. The minimum atomic E-state index is -0.710. The van der Waals surface area contributed by atoms with Crippen molar-refractivity contribution in [1.82, 2.24) is 0 Å². The number of carbonyl (C=O) groups excluding carboxylic acids is 2. The van der Waals surface area contributed by atoms with Gasteiger partial charge in [0.1, 0.15) is 0 Å². The highest BCUT2D eigenvalue weighted by Crippen LogP contribution is 1.97. The molecule has 0 atom stereocenters. The lowest BCUT2D eigenvalue weighted by Crippen LogP contribution is -2.12. The third-order valence-corrected chi connectivity index (χ3v) is 0.882. The van der Waals surface area contributed by atoms with Crippen LogP contribution in [0, 0.1) is 0 Å². The van der Waals surface area contributed by atoms with Gasteiger partial charge in [0.25, 0.3) is 0 Å². The lowest BCUT2D eigenvalue weighted by molar-refractivity contribution is -0.153. The maximum Gasteiger partial charge on any atom is 0.340 e. The van der Waals surface area contributed by atoms with Crippen molar-refractivity contribution in [2.24, 2.45) is 0 Å². The van der Waals surface area contributed by atoms with Crippen LogP contribution in [-0.2, 0) is 14.3 Å². The zero-order valence-electron chi connectivity index (χ0n) is 8.79. The lowest BCUT2D eigenvalue weighted by atomic mass is 10.3. The van der Waals surface area contributed by atoms with Crippen molar-refractivity contribution >= 4 is 11.9 Å². The smallest absolute Gasteiger partial charge is 0.340 e. The standard InChI is InChI=1S/C8H10O3.C2H6O/c1-5(2)7(9)11-8(10)6(3)4;1-2-3/h1,3H2,2,4H3;3H,2H2,1H3. The average molecular weight is 200 g/mol. The van der Waals surface area contributed by atoms with Crippen LogP contribution in [0.1, 0.15) is 20.8 Å². The molecule has 0 saturated carbocycles. The summed E-state index contributed by atoms with van der Waals surface area (Å²) < 4.78 is 4.30. The summed E-state index contributed by atoms with van der Waals surface area (Å²) in [7, 11) is 0. The number of hydrogen-bond acceptors (Lipinski definition) is 4. The molecule has 80 valence electrons. The Bertz CT molecular complexity index is 217. The van der Waals surface area contributed by atoms with E-state index in [-0.39, 0.29) is 17.8 Å². The van der Waals surface area contributed by atoms with Crippen molar-refractivity contribution in [3.63, 3.8) is 0 Å². The van der Waals surface area contributed by atoms with Gasteiger partial charge in [-0.15, -0.1) is 0 Å². The molecular weight excluding hydrogens is 184 g/mol. The Kier molecular flexibility index (Phi) is 8.82. The van der Waals surface area contributed by atoms with E-state index in [1.54, 1.807) is 6.92 Å². The summed E-state index contributed by atoms with van der Waals surface area (Å²) in [4.78, 5) is 21.3. The molecule has 0 aliphatic heterocycles. The summed E-state index contributed by atoms with van der Waals surface area (Å²) >= 11 is 0. The maximum atomic E-state index is 10.7. The van der Waals surface area contributed by atoms with Crippen molar-refractivity contribution in [2.75, 3.05) is 6.61 Å². The predicted octanol–water partition coefficient (Wildman–Crippen LogP) is 1.21. The second kappa shape index (κ2) is 8.19. The van der Waals surface area contributed by atoms with Crippen molar-refractivity contribution in [3.8, 4) is 0 Å². The van der Waals surface area contributed by atoms with Crippen LogP contribution in [-0.4, -0.2) is 23.7 Å². The average Bonchev–Trinajstić information content (AvgIpc) is 2.05. The molecule has 0 aromatic rings. The van der Waals surface area contributed by atoms with Crippen LogP contribution < -0.4 is 0 Å². The Morgan fingerprint density at radius 3 is 1.50 bits per heavy atom. The fourth-order valence-corrected chi connectivity index (χ4v) is 0.258. The van der Waals surface area contributed by atoms with Gasteiger partial charge in [-0.2, -0.15) is 0 Å². The summed E-state index contributed by atoms with van der Waals surface area (Å²) in [6.07, 6.45) is 0. The molecule has 0 radical (unpaired) electrons. The van der Waals surface area contributed by atoms with Gasteiger partial charge in [-0.1, -0.05) is 13.2 Å². The van der Waals surface area contributed by atoms with Crippen LogP contribution in [0.25, 0.3) is 0 Å². The molecule has 4 heteroatoms. The molecule has 0 heterocycles. The summed E-state index contributed by atoms with van der Waals surface area (Å²) in [6.45, 7) is 11.5. The normalized spacial score (nSPS) is 8.00. The van der Waals surface area contributed by atoms with Gasteiger partial charge in [-0.25, -0.2) is 9.59 Å². The minimum absolute atomic E-state index is 0.194. The lowest BCUT2D eigenvalue weighted by Gasteiger charge is -1.99. The Morgan fingerprint density at radius 2 is 1.36 bits per heavy atom. The van der Waals surface area contributed by atoms with Crippen molar-refractivity contribution in [1.29, 1.82) is 0 Å². The molecule has 0 aliphatic carbocycles. The van der Waals surface area contributed by atoms with E-state index in [2.05, 4.69) is 17.9 Å². The minimum Gasteiger partial charge on any atom is -0.397 e. The van der Waals surface area contributed by atoms with E-state index in [9.17, 15) is 9.59 Å². The summed E-state index contributed by atoms with van der Waals surface area (Å²) in [5, 5.41) is 7.57. The third-order valence-electron chi connectivity index (χ3n) is 0.882. The molecule has 1 N–H and O–H groups in total. The predicted molar refractivity (Wildman–Crippen MR) is 53.5 cm³/mol. The monoisotopic (exact) mass is 200 g/mol. The highest BCUT2D eigenvalue weighted by atomic mass is 16.6. The molecule has 0 saturated heterocycles. The van der Waals surface area contributed by atoms with Gasteiger partial charge in [0.2, 0.25) is 0 Å². The van der Waals surface area contributed by atoms with Crippen LogP contribution in [0.5, 0.6) is 0 Å². The number of aliphatic hydroxyl groups is 1. The molecule has 0 aliphatic rings. The second-order valence-corrected chi connectivity index (χ2v) is 2.55. The van der Waals surface area contributed by atoms with Crippen molar-refractivity contribution in [3.05, 3.63) is 24.3 Å². The molecule has 0 unspecified atom stereocenters. The van der Waals surface area contributed by atoms with E-state index in [4.69, 9.17) is 5.11 Å². The molecule has 14 heavy (non-hydrogen) atoms. The van der Waals surface area contributed by atoms with E-state index in [1.165, 1.54) is 13.8 Å². The van der Waals surface area contributed by atoms with Gasteiger partial charge >= 0.3 is 11.9 Å². The Hall–Kier alpha value is -1.42. The molecule has 0 fully saturated rings. The highest BCUT2D eigenvalue weighted by Gasteiger charge is 2.10. The molecular formula is C10H16O4. The summed E-state index contributed by atoms with van der Waals surface area (Å²) in [5.41, 5.74) is 0.388. The van der Waals surface area contributed by atoms with Crippen LogP contribution in [0.15, 0.2) is 24.3 Å². The summed E-state index contributed by atoms with van der Waals surface area (Å²) in [6, 6.07) is 0. The van der Waals surface area contributed by atoms with Crippen molar-refractivity contribution < 1.29 is 19.4 Å². The first-order valence-corrected chi connectivity index (χ1v) is 4.05. The highest BCUT2D eigenvalue weighted by molar-refractivity contribution is 6.00. The van der Waals surface area contributed by atoms with E-state index < -0.39 is 11.9 Å². The van der Waals surface area contributed by atoms with Crippen LogP contribution >= 0.6 is 0 Å². The first-order valence-electron chi connectivity index (χ1n) is 4.05. The number of rotatable bonds is 2. The van der Waals surface area contributed by atoms with E-state index in [0.29, 0.717) is 0 Å². The number of ether oxygens (including phenoxy) is 1. The van der Waals surface area contributed by atoms with Gasteiger partial charge in [0.05, 0.1) is 0 Å². The van der Waals surface area contributed by atoms with E-state index >= 15 is 0 Å². The Balaban J connectivity index is 0. The van der Waals surface area contributed by atoms with E-state index in [1.807, 2.05) is 0 Å². The molecule has 0 aromatic carbocycles. The van der Waals surface area contributed by atoms with Gasteiger partial charge < -0.3 is 9.84 Å². The number of aliphatic hydroxyl groups excluding tert-OH is 1. The van der Waals surface area contributed by atoms with Gasteiger partial charge in [0.15, 0.2) is 0 Å². The molecule has 4 nitrogen and oxygen atoms in total. The van der Waals surface area contributed by atoms with Crippen LogP contribution in [0.3, 0.4) is 0 Å². The largest absolute Gasteiger partial charge is 0.397 e. The first-order chi connectivity index (χ1) is 6.36. The molecule has 0 aromatic heterocycles. The fraction of sp³-hybridized carbons (Fsp3) is 0.400. The number of esters is 2. The van der Waals surface area contributed by atoms with E-state index in [0.717, 1.165) is 0 Å². The van der Waals surface area contributed by atoms with Gasteiger partial charge in [-0.3, -0.25) is 0 Å². The SMILES string of the molecule is C=C(C)C(=O)OC(=O)C(=C)C.CCO.